The summed E-state index contributed by atoms with van der Waals surface area (Å²) < 4.78 is 30.6. The fraction of sp³-hybridized carbons (Fsp3) is 0.409. The molecule has 174 valence electrons. The fourth-order valence-corrected chi connectivity index (χ4v) is 5.80. The van der Waals surface area contributed by atoms with E-state index in [1.54, 1.807) is 0 Å². The minimum absolute atomic E-state index is 0.145. The monoisotopic (exact) mass is 487 g/mol. The van der Waals surface area contributed by atoms with Crippen molar-refractivity contribution in [1.82, 2.24) is 28.4 Å². The SMILES string of the molecule is CN(C)S(=O)(=O)N1Cc2cc(Cl)ccc2-n2c(nnc2C2CCN(c3ccccn3)CC2)C1. The van der Waals surface area contributed by atoms with Gasteiger partial charge in [0.05, 0.1) is 12.2 Å². The van der Waals surface area contributed by atoms with Crippen LogP contribution >= 0.6 is 11.6 Å². The van der Waals surface area contributed by atoms with E-state index >= 15 is 0 Å². The minimum Gasteiger partial charge on any atom is -0.357 e. The molecular weight excluding hydrogens is 462 g/mol. The van der Waals surface area contributed by atoms with E-state index in [2.05, 4.69) is 20.1 Å². The maximum absolute atomic E-state index is 13.0. The predicted octanol–water partition coefficient (Wildman–Crippen LogP) is 2.82. The standard InChI is InChI=1S/C22H26ClN7O2S/c1-27(2)33(31,32)29-14-17-13-18(23)6-7-19(17)30-21(15-29)25-26-22(30)16-8-11-28(12-9-16)20-5-3-4-10-24-20/h3-7,10,13,16H,8-9,11-12,14-15H2,1-2H3. The van der Waals surface area contributed by atoms with Gasteiger partial charge in [-0.15, -0.1) is 10.2 Å². The van der Waals surface area contributed by atoms with Gasteiger partial charge < -0.3 is 4.90 Å². The van der Waals surface area contributed by atoms with Crippen LogP contribution in [0.3, 0.4) is 0 Å². The molecule has 0 N–H and O–H groups in total. The number of rotatable bonds is 4. The molecule has 2 aliphatic rings. The summed E-state index contributed by atoms with van der Waals surface area (Å²) in [4.78, 5) is 6.76. The Kier molecular flexibility index (Phi) is 5.86. The molecule has 33 heavy (non-hydrogen) atoms. The van der Waals surface area contributed by atoms with Gasteiger partial charge in [0, 0.05) is 50.9 Å². The van der Waals surface area contributed by atoms with Crippen molar-refractivity contribution in [3.05, 3.63) is 64.8 Å². The molecule has 9 nitrogen and oxygen atoms in total. The highest BCUT2D eigenvalue weighted by molar-refractivity contribution is 7.86. The summed E-state index contributed by atoms with van der Waals surface area (Å²) in [5.74, 6) is 2.69. The van der Waals surface area contributed by atoms with Gasteiger partial charge in [0.2, 0.25) is 0 Å². The van der Waals surface area contributed by atoms with Gasteiger partial charge in [0.25, 0.3) is 10.2 Å². The zero-order chi connectivity index (χ0) is 23.2. The van der Waals surface area contributed by atoms with Crippen molar-refractivity contribution in [2.75, 3.05) is 32.1 Å². The number of aromatic nitrogens is 4. The summed E-state index contributed by atoms with van der Waals surface area (Å²) in [6.07, 6.45) is 3.64. The number of benzene rings is 1. The average molecular weight is 488 g/mol. The van der Waals surface area contributed by atoms with Crippen molar-refractivity contribution >= 4 is 27.6 Å². The summed E-state index contributed by atoms with van der Waals surface area (Å²) in [5.41, 5.74) is 1.72. The Balaban J connectivity index is 1.49. The predicted molar refractivity (Wildman–Crippen MR) is 127 cm³/mol. The summed E-state index contributed by atoms with van der Waals surface area (Å²) in [7, 11) is -0.581. The Morgan fingerprint density at radius 1 is 1.06 bits per heavy atom. The topological polar surface area (TPSA) is 87.5 Å². The molecule has 5 rings (SSSR count). The number of hydrogen-bond acceptors (Lipinski definition) is 6. The summed E-state index contributed by atoms with van der Waals surface area (Å²) in [6, 6.07) is 11.5. The maximum atomic E-state index is 13.0. The molecule has 1 fully saturated rings. The first-order chi connectivity index (χ1) is 15.8. The first-order valence-electron chi connectivity index (χ1n) is 10.9. The van der Waals surface area contributed by atoms with E-state index in [1.807, 2.05) is 47.2 Å². The Labute approximate surface area is 198 Å². The fourth-order valence-electron chi connectivity index (χ4n) is 4.56. The second-order valence-electron chi connectivity index (χ2n) is 8.59. The number of nitrogens with zero attached hydrogens (tertiary/aromatic N) is 7. The number of pyridine rings is 1. The molecule has 0 bridgehead atoms. The molecule has 11 heteroatoms. The van der Waals surface area contributed by atoms with Gasteiger partial charge in [-0.25, -0.2) is 4.98 Å². The Bertz CT molecular complexity index is 1260. The van der Waals surface area contributed by atoms with E-state index in [0.717, 1.165) is 48.8 Å². The van der Waals surface area contributed by atoms with E-state index in [4.69, 9.17) is 11.6 Å². The molecule has 0 amide bonds. The lowest BCUT2D eigenvalue weighted by Gasteiger charge is -2.32. The minimum atomic E-state index is -3.65. The molecule has 2 aromatic heterocycles. The largest absolute Gasteiger partial charge is 0.357 e. The lowest BCUT2D eigenvalue weighted by molar-refractivity contribution is 0.361. The van der Waals surface area contributed by atoms with Crippen LogP contribution in [0.5, 0.6) is 0 Å². The van der Waals surface area contributed by atoms with E-state index in [9.17, 15) is 8.42 Å². The van der Waals surface area contributed by atoms with Crippen molar-refractivity contribution in [2.45, 2.75) is 31.8 Å². The van der Waals surface area contributed by atoms with Crippen LogP contribution in [0.2, 0.25) is 5.02 Å². The van der Waals surface area contributed by atoms with Crippen LogP contribution in [0.25, 0.3) is 5.69 Å². The lowest BCUT2D eigenvalue weighted by atomic mass is 9.95. The first-order valence-corrected chi connectivity index (χ1v) is 12.7. The number of anilines is 1. The highest BCUT2D eigenvalue weighted by Crippen LogP contribution is 2.34. The molecule has 3 aromatic rings. The van der Waals surface area contributed by atoms with Crippen molar-refractivity contribution in [2.24, 2.45) is 0 Å². The Hall–Kier alpha value is -2.53. The van der Waals surface area contributed by atoms with Crippen LogP contribution in [0.4, 0.5) is 5.82 Å². The third-order valence-electron chi connectivity index (χ3n) is 6.32. The number of piperidine rings is 1. The molecule has 0 atom stereocenters. The number of hydrogen-bond donors (Lipinski definition) is 0. The molecule has 0 saturated carbocycles. The van der Waals surface area contributed by atoms with Crippen LogP contribution < -0.4 is 4.90 Å². The van der Waals surface area contributed by atoms with Gasteiger partial charge >= 0.3 is 0 Å². The highest BCUT2D eigenvalue weighted by atomic mass is 35.5. The molecule has 0 spiro atoms. The van der Waals surface area contributed by atoms with Gasteiger partial charge in [0.15, 0.2) is 5.82 Å². The molecule has 1 saturated heterocycles. The normalized spacial score (nSPS) is 17.6. The van der Waals surface area contributed by atoms with Gasteiger partial charge in [-0.3, -0.25) is 4.57 Å². The number of fused-ring (bicyclic) bond motifs is 3. The second-order valence-corrected chi connectivity index (χ2v) is 11.2. The van der Waals surface area contributed by atoms with Crippen LogP contribution in [0, 0.1) is 0 Å². The van der Waals surface area contributed by atoms with Crippen molar-refractivity contribution in [1.29, 1.82) is 0 Å². The van der Waals surface area contributed by atoms with Crippen molar-refractivity contribution in [3.8, 4) is 5.69 Å². The molecule has 0 unspecified atom stereocenters. The van der Waals surface area contributed by atoms with Gasteiger partial charge in [-0.2, -0.15) is 17.0 Å². The molecule has 4 heterocycles. The van der Waals surface area contributed by atoms with E-state index in [0.29, 0.717) is 10.8 Å². The third kappa shape index (κ3) is 4.12. The number of halogens is 1. The molecule has 2 aliphatic heterocycles. The first kappa shape index (κ1) is 22.3. The molecular formula is C22H26ClN7O2S. The highest BCUT2D eigenvalue weighted by Gasteiger charge is 2.34. The Morgan fingerprint density at radius 2 is 1.85 bits per heavy atom. The third-order valence-corrected chi connectivity index (χ3v) is 8.39. The van der Waals surface area contributed by atoms with Crippen LogP contribution in [-0.4, -0.2) is 64.0 Å². The lowest BCUT2D eigenvalue weighted by Crippen LogP contribution is -2.39. The summed E-state index contributed by atoms with van der Waals surface area (Å²) in [6.45, 7) is 2.11. The zero-order valence-electron chi connectivity index (χ0n) is 18.6. The van der Waals surface area contributed by atoms with Crippen molar-refractivity contribution in [3.63, 3.8) is 0 Å². The molecule has 0 aliphatic carbocycles. The zero-order valence-corrected chi connectivity index (χ0v) is 20.2. The summed E-state index contributed by atoms with van der Waals surface area (Å²) in [5, 5.41) is 9.56. The second kappa shape index (κ2) is 8.68. The van der Waals surface area contributed by atoms with Gasteiger partial charge in [-0.05, 0) is 48.7 Å². The van der Waals surface area contributed by atoms with E-state index in [-0.39, 0.29) is 19.0 Å². The average Bonchev–Trinajstić information content (AvgIpc) is 3.15. The van der Waals surface area contributed by atoms with Crippen LogP contribution in [-0.2, 0) is 23.3 Å². The van der Waals surface area contributed by atoms with Crippen LogP contribution in [0.1, 0.15) is 36.0 Å². The van der Waals surface area contributed by atoms with Crippen molar-refractivity contribution < 1.29 is 8.42 Å². The van der Waals surface area contributed by atoms with Crippen LogP contribution in [0.15, 0.2) is 42.6 Å². The van der Waals surface area contributed by atoms with Gasteiger partial charge in [-0.1, -0.05) is 17.7 Å². The van der Waals surface area contributed by atoms with E-state index < -0.39 is 10.2 Å². The van der Waals surface area contributed by atoms with Gasteiger partial charge in [0.1, 0.15) is 11.6 Å². The Morgan fingerprint density at radius 3 is 2.55 bits per heavy atom. The van der Waals surface area contributed by atoms with E-state index in [1.165, 1.54) is 22.7 Å². The summed E-state index contributed by atoms with van der Waals surface area (Å²) >= 11 is 6.29. The molecule has 1 aromatic carbocycles. The molecule has 0 radical (unpaired) electrons. The maximum Gasteiger partial charge on any atom is 0.282 e. The smallest absolute Gasteiger partial charge is 0.282 e. The quantitative estimate of drug-likeness (QED) is 0.562.